The lowest BCUT2D eigenvalue weighted by Crippen LogP contribution is -2.20. The van der Waals surface area contributed by atoms with Gasteiger partial charge >= 0.3 is 0 Å². The molecule has 3 aromatic rings. The van der Waals surface area contributed by atoms with E-state index in [-0.39, 0.29) is 17.4 Å². The fourth-order valence-electron chi connectivity index (χ4n) is 3.86. The van der Waals surface area contributed by atoms with Gasteiger partial charge in [-0.25, -0.2) is 5.43 Å². The minimum absolute atomic E-state index is 0.0471. The van der Waals surface area contributed by atoms with Gasteiger partial charge in [0, 0.05) is 26.7 Å². The van der Waals surface area contributed by atoms with Crippen LogP contribution in [0.2, 0.25) is 5.02 Å². The molecule has 0 bridgehead atoms. The number of halogens is 3. The molecule has 4 rings (SSSR count). The van der Waals surface area contributed by atoms with E-state index in [4.69, 9.17) is 11.6 Å². The molecule has 2 N–H and O–H groups in total. The maximum absolute atomic E-state index is 12.4. The van der Waals surface area contributed by atoms with Gasteiger partial charge in [-0.1, -0.05) is 58.6 Å². The molecule has 178 valence electrons. The molecule has 1 amide bonds. The maximum Gasteiger partial charge on any atom is 0.250 e. The van der Waals surface area contributed by atoms with Crippen LogP contribution in [0.4, 0.5) is 0 Å². The van der Waals surface area contributed by atoms with Gasteiger partial charge in [-0.2, -0.15) is 5.10 Å². The number of nitrogens with one attached hydrogen (secondary N) is 1. The van der Waals surface area contributed by atoms with Crippen molar-refractivity contribution in [2.24, 2.45) is 5.10 Å². The van der Waals surface area contributed by atoms with Crippen LogP contribution in [0.25, 0.3) is 11.4 Å². The highest BCUT2D eigenvalue weighted by atomic mass is 79.9. The van der Waals surface area contributed by atoms with Gasteiger partial charge in [0.15, 0.2) is 11.0 Å². The topological polar surface area (TPSA) is 92.4 Å². The smallest absolute Gasteiger partial charge is 0.250 e. The average molecular weight is 628 g/mol. The lowest BCUT2D eigenvalue weighted by atomic mass is 9.95. The molecule has 0 unspecified atom stereocenters. The van der Waals surface area contributed by atoms with E-state index in [0.717, 1.165) is 28.7 Å². The predicted octanol–water partition coefficient (Wildman–Crippen LogP) is 6.58. The molecule has 1 aliphatic rings. The number of phenols is 1. The summed E-state index contributed by atoms with van der Waals surface area (Å²) in [4.78, 5) is 12.4. The second-order valence-corrected chi connectivity index (χ2v) is 11.0. The molecule has 1 aliphatic carbocycles. The van der Waals surface area contributed by atoms with Crippen LogP contribution < -0.4 is 5.43 Å². The Morgan fingerprint density at radius 2 is 1.94 bits per heavy atom. The van der Waals surface area contributed by atoms with Gasteiger partial charge in [0.2, 0.25) is 0 Å². The number of thioether (sulfide) groups is 1. The first-order chi connectivity index (χ1) is 16.4. The van der Waals surface area contributed by atoms with Gasteiger partial charge in [-0.15, -0.1) is 10.2 Å². The number of amides is 1. The Bertz CT molecular complexity index is 1200. The zero-order valence-corrected chi connectivity index (χ0v) is 22.8. The molecule has 1 fully saturated rings. The van der Waals surface area contributed by atoms with E-state index in [9.17, 15) is 9.90 Å². The van der Waals surface area contributed by atoms with Crippen LogP contribution in [0, 0.1) is 0 Å². The first-order valence-electron chi connectivity index (χ1n) is 10.8. The van der Waals surface area contributed by atoms with Crippen molar-refractivity contribution < 1.29 is 9.90 Å². The Morgan fingerprint density at radius 3 is 2.68 bits per heavy atom. The number of benzene rings is 2. The molecule has 1 aromatic heterocycles. The van der Waals surface area contributed by atoms with Gasteiger partial charge in [0.05, 0.1) is 16.4 Å². The Kier molecular flexibility index (Phi) is 8.68. The number of aromatic hydroxyl groups is 1. The van der Waals surface area contributed by atoms with E-state index in [1.807, 2.05) is 24.3 Å². The predicted molar refractivity (Wildman–Crippen MR) is 143 cm³/mol. The molecule has 2 aromatic carbocycles. The lowest BCUT2D eigenvalue weighted by Gasteiger charge is -2.25. The summed E-state index contributed by atoms with van der Waals surface area (Å²) in [5, 5.41) is 24.3. The summed E-state index contributed by atoms with van der Waals surface area (Å²) in [7, 11) is 0. The van der Waals surface area contributed by atoms with Crippen molar-refractivity contribution >= 4 is 67.3 Å². The zero-order valence-electron chi connectivity index (χ0n) is 18.0. The van der Waals surface area contributed by atoms with E-state index in [2.05, 4.69) is 57.2 Å². The van der Waals surface area contributed by atoms with Crippen molar-refractivity contribution in [3.8, 4) is 17.1 Å². The highest BCUT2D eigenvalue weighted by Gasteiger charge is 2.24. The number of hydrogen-bond donors (Lipinski definition) is 2. The quantitative estimate of drug-likeness (QED) is 0.176. The number of phenolic OH excluding ortho intramolecular Hbond substituents is 1. The molecular formula is C23H22Br2ClN5O2S. The van der Waals surface area contributed by atoms with Crippen molar-refractivity contribution in [1.29, 1.82) is 0 Å². The second kappa shape index (κ2) is 11.7. The minimum Gasteiger partial charge on any atom is -0.506 e. The van der Waals surface area contributed by atoms with Crippen molar-refractivity contribution in [3.05, 3.63) is 55.9 Å². The van der Waals surface area contributed by atoms with Gasteiger partial charge in [0.25, 0.3) is 5.91 Å². The monoisotopic (exact) mass is 625 g/mol. The molecule has 34 heavy (non-hydrogen) atoms. The van der Waals surface area contributed by atoms with E-state index in [1.165, 1.54) is 37.2 Å². The Labute approximate surface area is 223 Å². The number of hydrogen-bond acceptors (Lipinski definition) is 6. The standard InChI is InChI=1S/C23H22Br2ClN5O2S/c24-16-10-15(21(33)19(25)11-16)12-27-28-20(32)13-34-23-30-29-22(14-6-8-17(26)9-7-14)31(23)18-4-2-1-3-5-18/h6-12,18,33H,1-5,13H2,(H,28,32). The van der Waals surface area contributed by atoms with Crippen molar-refractivity contribution in [2.75, 3.05) is 5.75 Å². The van der Waals surface area contributed by atoms with Crippen LogP contribution in [-0.4, -0.2) is 37.7 Å². The van der Waals surface area contributed by atoms with Crippen LogP contribution in [0.1, 0.15) is 43.7 Å². The fourth-order valence-corrected chi connectivity index (χ4v) is 6.04. The molecule has 0 saturated heterocycles. The average Bonchev–Trinajstić information content (AvgIpc) is 3.25. The summed E-state index contributed by atoms with van der Waals surface area (Å²) in [5.74, 6) is 0.698. The molecule has 1 heterocycles. The number of aromatic nitrogens is 3. The SMILES string of the molecule is O=C(CSc1nnc(-c2ccc(Cl)cc2)n1C1CCCCC1)NN=Cc1cc(Br)cc(Br)c1O. The van der Waals surface area contributed by atoms with E-state index < -0.39 is 0 Å². The molecule has 1 saturated carbocycles. The molecule has 0 aliphatic heterocycles. The highest BCUT2D eigenvalue weighted by molar-refractivity contribution is 9.11. The number of hydrazone groups is 1. The molecule has 0 atom stereocenters. The summed E-state index contributed by atoms with van der Waals surface area (Å²) in [6.07, 6.45) is 7.10. The zero-order chi connectivity index (χ0) is 24.1. The fraction of sp³-hybridized carbons (Fsp3) is 0.304. The van der Waals surface area contributed by atoms with Crippen molar-refractivity contribution in [2.45, 2.75) is 43.3 Å². The summed E-state index contributed by atoms with van der Waals surface area (Å²) in [6, 6.07) is 11.3. The number of carbonyl (C=O) groups is 1. The number of carbonyl (C=O) groups excluding carboxylic acids is 1. The minimum atomic E-state index is -0.277. The Morgan fingerprint density at radius 1 is 1.21 bits per heavy atom. The van der Waals surface area contributed by atoms with Crippen LogP contribution in [-0.2, 0) is 4.79 Å². The van der Waals surface area contributed by atoms with Crippen LogP contribution in [0.5, 0.6) is 5.75 Å². The van der Waals surface area contributed by atoms with Crippen molar-refractivity contribution in [1.82, 2.24) is 20.2 Å². The van der Waals surface area contributed by atoms with Gasteiger partial charge in [-0.3, -0.25) is 9.36 Å². The molecule has 0 spiro atoms. The summed E-state index contributed by atoms with van der Waals surface area (Å²) < 4.78 is 3.48. The number of rotatable bonds is 7. The van der Waals surface area contributed by atoms with Crippen LogP contribution in [0.15, 0.2) is 55.6 Å². The molecule has 7 nitrogen and oxygen atoms in total. The molecule has 11 heteroatoms. The van der Waals surface area contributed by atoms with Gasteiger partial charge in [0.1, 0.15) is 5.75 Å². The molecular weight excluding hydrogens is 606 g/mol. The van der Waals surface area contributed by atoms with Gasteiger partial charge in [-0.05, 0) is 65.2 Å². The summed E-state index contributed by atoms with van der Waals surface area (Å²) in [5.41, 5.74) is 3.93. The normalized spacial score (nSPS) is 14.6. The third-order valence-corrected chi connectivity index (χ3v) is 7.75. The summed E-state index contributed by atoms with van der Waals surface area (Å²) in [6.45, 7) is 0. The lowest BCUT2D eigenvalue weighted by molar-refractivity contribution is -0.118. The molecule has 0 radical (unpaired) electrons. The van der Waals surface area contributed by atoms with E-state index >= 15 is 0 Å². The highest BCUT2D eigenvalue weighted by Crippen LogP contribution is 2.36. The Hall–Kier alpha value is -1.88. The third-order valence-electron chi connectivity index (χ3n) is 5.49. The van der Waals surface area contributed by atoms with E-state index in [0.29, 0.717) is 26.3 Å². The first kappa shape index (κ1) is 25.2. The van der Waals surface area contributed by atoms with Crippen LogP contribution in [0.3, 0.4) is 0 Å². The van der Waals surface area contributed by atoms with Gasteiger partial charge < -0.3 is 5.11 Å². The van der Waals surface area contributed by atoms with E-state index in [1.54, 1.807) is 12.1 Å². The van der Waals surface area contributed by atoms with Crippen molar-refractivity contribution in [3.63, 3.8) is 0 Å². The largest absolute Gasteiger partial charge is 0.506 e. The Balaban J connectivity index is 1.46. The first-order valence-corrected chi connectivity index (χ1v) is 13.7. The second-order valence-electron chi connectivity index (χ2n) is 7.88. The number of nitrogens with zero attached hydrogens (tertiary/aromatic N) is 4. The summed E-state index contributed by atoms with van der Waals surface area (Å²) >= 11 is 14.0. The maximum atomic E-state index is 12.4. The third kappa shape index (κ3) is 6.21. The van der Waals surface area contributed by atoms with Crippen LogP contribution >= 0.6 is 55.2 Å².